The van der Waals surface area contributed by atoms with Crippen molar-refractivity contribution in [3.05, 3.63) is 30.1 Å². The maximum Gasteiger partial charge on any atom is 0.217 e. The molecule has 0 aliphatic rings. The van der Waals surface area contributed by atoms with Crippen LogP contribution in [0.15, 0.2) is 24.3 Å². The molecule has 0 fully saturated rings. The number of nitrogens with zero attached hydrogens (tertiary/aromatic N) is 1. The number of hydrogen-bond donors (Lipinski definition) is 2. The van der Waals surface area contributed by atoms with Gasteiger partial charge in [-0.15, -0.1) is 0 Å². The quantitative estimate of drug-likeness (QED) is 0.870. The zero-order valence-electron chi connectivity index (χ0n) is 11.0. The molecule has 1 atom stereocenters. The maximum absolute atomic E-state index is 11.3. The standard InChI is InChI=1S/C14H19N3O/c1-9(2)8-13(15-10(3)18)14-16-11-6-4-5-7-12(11)17-14/h4-7,9,13H,8H2,1-3H3,(H,15,18)(H,16,17). The molecule has 0 saturated heterocycles. The Morgan fingerprint density at radius 2 is 2.11 bits per heavy atom. The summed E-state index contributed by atoms with van der Waals surface area (Å²) in [5, 5.41) is 2.96. The van der Waals surface area contributed by atoms with E-state index in [2.05, 4.69) is 29.1 Å². The normalized spacial score (nSPS) is 12.9. The number of carbonyl (C=O) groups is 1. The Morgan fingerprint density at radius 3 is 2.72 bits per heavy atom. The highest BCUT2D eigenvalue weighted by atomic mass is 16.1. The van der Waals surface area contributed by atoms with Crippen molar-refractivity contribution in [3.63, 3.8) is 0 Å². The lowest BCUT2D eigenvalue weighted by atomic mass is 10.0. The first-order chi connectivity index (χ1) is 8.56. The summed E-state index contributed by atoms with van der Waals surface area (Å²) in [4.78, 5) is 19.1. The second-order valence-electron chi connectivity index (χ2n) is 5.02. The lowest BCUT2D eigenvalue weighted by molar-refractivity contribution is -0.119. The van der Waals surface area contributed by atoms with Crippen molar-refractivity contribution >= 4 is 16.9 Å². The third-order valence-corrected chi connectivity index (χ3v) is 2.82. The molecule has 2 N–H and O–H groups in total. The number of H-pyrrole nitrogens is 1. The van der Waals surface area contributed by atoms with Crippen molar-refractivity contribution in [2.75, 3.05) is 0 Å². The van der Waals surface area contributed by atoms with Gasteiger partial charge in [-0.2, -0.15) is 0 Å². The molecule has 0 aliphatic carbocycles. The largest absolute Gasteiger partial charge is 0.346 e. The van der Waals surface area contributed by atoms with Crippen molar-refractivity contribution in [1.29, 1.82) is 0 Å². The molecule has 0 spiro atoms. The fourth-order valence-corrected chi connectivity index (χ4v) is 2.09. The molecule has 1 aromatic carbocycles. The number of aromatic nitrogens is 2. The summed E-state index contributed by atoms with van der Waals surface area (Å²) in [6.07, 6.45) is 0.874. The Bertz CT molecular complexity index is 512. The molecule has 1 aromatic heterocycles. The molecule has 18 heavy (non-hydrogen) atoms. The zero-order chi connectivity index (χ0) is 13.1. The number of carbonyl (C=O) groups excluding carboxylic acids is 1. The molecule has 96 valence electrons. The number of amides is 1. The van der Waals surface area contributed by atoms with Crippen LogP contribution in [0.3, 0.4) is 0 Å². The number of hydrogen-bond acceptors (Lipinski definition) is 2. The van der Waals surface area contributed by atoms with Gasteiger partial charge in [0.25, 0.3) is 0 Å². The summed E-state index contributed by atoms with van der Waals surface area (Å²) in [5.74, 6) is 1.30. The van der Waals surface area contributed by atoms with Gasteiger partial charge in [0.1, 0.15) is 5.82 Å². The van der Waals surface area contributed by atoms with E-state index < -0.39 is 0 Å². The van der Waals surface area contributed by atoms with Crippen molar-refractivity contribution in [1.82, 2.24) is 15.3 Å². The molecule has 0 aliphatic heterocycles. The first-order valence-corrected chi connectivity index (χ1v) is 6.28. The number of para-hydroxylation sites is 2. The number of rotatable bonds is 4. The first kappa shape index (κ1) is 12.6. The van der Waals surface area contributed by atoms with Gasteiger partial charge in [-0.1, -0.05) is 26.0 Å². The molecule has 1 unspecified atom stereocenters. The maximum atomic E-state index is 11.3. The second kappa shape index (κ2) is 5.21. The topological polar surface area (TPSA) is 57.8 Å². The van der Waals surface area contributed by atoms with E-state index in [0.717, 1.165) is 23.3 Å². The van der Waals surface area contributed by atoms with Crippen molar-refractivity contribution < 1.29 is 4.79 Å². The Balaban J connectivity index is 2.31. The van der Waals surface area contributed by atoms with Gasteiger partial charge in [0.15, 0.2) is 0 Å². The number of aromatic amines is 1. The van der Waals surface area contributed by atoms with Gasteiger partial charge in [0, 0.05) is 6.92 Å². The molecule has 0 saturated carbocycles. The van der Waals surface area contributed by atoms with E-state index in [9.17, 15) is 4.79 Å². The monoisotopic (exact) mass is 245 g/mol. The average Bonchev–Trinajstić information content (AvgIpc) is 2.70. The molecule has 4 heteroatoms. The van der Waals surface area contributed by atoms with Crippen LogP contribution in [-0.4, -0.2) is 15.9 Å². The van der Waals surface area contributed by atoms with Crippen molar-refractivity contribution in [2.45, 2.75) is 33.2 Å². The molecule has 2 rings (SSSR count). The van der Waals surface area contributed by atoms with E-state index in [0.29, 0.717) is 5.92 Å². The van der Waals surface area contributed by atoms with Gasteiger partial charge < -0.3 is 10.3 Å². The minimum atomic E-state index is -0.0464. The second-order valence-corrected chi connectivity index (χ2v) is 5.02. The highest BCUT2D eigenvalue weighted by Crippen LogP contribution is 2.21. The van der Waals surface area contributed by atoms with Gasteiger partial charge in [-0.05, 0) is 24.5 Å². The lowest BCUT2D eigenvalue weighted by Crippen LogP contribution is -2.28. The highest BCUT2D eigenvalue weighted by molar-refractivity contribution is 5.76. The van der Waals surface area contributed by atoms with Gasteiger partial charge in [0.2, 0.25) is 5.91 Å². The summed E-state index contributed by atoms with van der Waals surface area (Å²) in [7, 11) is 0. The third-order valence-electron chi connectivity index (χ3n) is 2.82. The minimum Gasteiger partial charge on any atom is -0.346 e. The smallest absolute Gasteiger partial charge is 0.217 e. The SMILES string of the molecule is CC(=O)NC(CC(C)C)c1nc2ccccc2[nH]1. The van der Waals surface area contributed by atoms with Gasteiger partial charge in [-0.3, -0.25) is 4.79 Å². The van der Waals surface area contributed by atoms with Gasteiger partial charge in [0.05, 0.1) is 17.1 Å². The van der Waals surface area contributed by atoms with Crippen LogP contribution in [0.4, 0.5) is 0 Å². The van der Waals surface area contributed by atoms with E-state index in [4.69, 9.17) is 0 Å². The van der Waals surface area contributed by atoms with E-state index >= 15 is 0 Å². The van der Waals surface area contributed by atoms with Gasteiger partial charge in [-0.25, -0.2) is 4.98 Å². The summed E-state index contributed by atoms with van der Waals surface area (Å²) in [6.45, 7) is 5.81. The fraction of sp³-hybridized carbons (Fsp3) is 0.429. The Morgan fingerprint density at radius 1 is 1.39 bits per heavy atom. The molecule has 2 aromatic rings. The van der Waals surface area contributed by atoms with Crippen molar-refractivity contribution in [3.8, 4) is 0 Å². The number of fused-ring (bicyclic) bond motifs is 1. The average molecular weight is 245 g/mol. The summed E-state index contributed by atoms with van der Waals surface area (Å²) in [5.41, 5.74) is 1.94. The minimum absolute atomic E-state index is 0.0268. The molecule has 0 bridgehead atoms. The molecule has 1 amide bonds. The van der Waals surface area contributed by atoms with Crippen LogP contribution in [0.2, 0.25) is 0 Å². The lowest BCUT2D eigenvalue weighted by Gasteiger charge is -2.17. The van der Waals surface area contributed by atoms with E-state index in [-0.39, 0.29) is 11.9 Å². The zero-order valence-corrected chi connectivity index (χ0v) is 11.0. The van der Waals surface area contributed by atoms with E-state index in [1.54, 1.807) is 0 Å². The van der Waals surface area contributed by atoms with E-state index in [1.165, 1.54) is 6.92 Å². The summed E-state index contributed by atoms with van der Waals surface area (Å²) in [6, 6.07) is 7.85. The molecule has 4 nitrogen and oxygen atoms in total. The van der Waals surface area contributed by atoms with Crippen molar-refractivity contribution in [2.24, 2.45) is 5.92 Å². The summed E-state index contributed by atoms with van der Waals surface area (Å²) >= 11 is 0. The number of benzene rings is 1. The van der Waals surface area contributed by atoms with Crippen LogP contribution in [0.1, 0.15) is 39.1 Å². The van der Waals surface area contributed by atoms with Crippen LogP contribution >= 0.6 is 0 Å². The predicted molar refractivity (Wildman–Crippen MR) is 72.1 cm³/mol. The fourth-order valence-electron chi connectivity index (χ4n) is 2.09. The first-order valence-electron chi connectivity index (χ1n) is 6.28. The van der Waals surface area contributed by atoms with Crippen LogP contribution in [0.25, 0.3) is 11.0 Å². The number of nitrogens with one attached hydrogen (secondary N) is 2. The van der Waals surface area contributed by atoms with Gasteiger partial charge >= 0.3 is 0 Å². The van der Waals surface area contributed by atoms with Crippen LogP contribution in [0.5, 0.6) is 0 Å². The van der Waals surface area contributed by atoms with Crippen LogP contribution in [0, 0.1) is 5.92 Å². The Kier molecular flexibility index (Phi) is 3.65. The number of imidazole rings is 1. The molecule has 1 heterocycles. The van der Waals surface area contributed by atoms with Crippen LogP contribution < -0.4 is 5.32 Å². The van der Waals surface area contributed by atoms with E-state index in [1.807, 2.05) is 24.3 Å². The Hall–Kier alpha value is -1.84. The molecule has 0 radical (unpaired) electrons. The molecular weight excluding hydrogens is 226 g/mol. The molecular formula is C14H19N3O. The predicted octanol–water partition coefficient (Wildman–Crippen LogP) is 2.79. The highest BCUT2D eigenvalue weighted by Gasteiger charge is 2.18. The third kappa shape index (κ3) is 2.88. The Labute approximate surface area is 107 Å². The summed E-state index contributed by atoms with van der Waals surface area (Å²) < 4.78 is 0. The van der Waals surface area contributed by atoms with Crippen LogP contribution in [-0.2, 0) is 4.79 Å².